The van der Waals surface area contributed by atoms with Crippen molar-refractivity contribution >= 4 is 5.82 Å². The Bertz CT molecular complexity index is 457. The maximum Gasteiger partial charge on any atom is 0.128 e. The number of nitrogens with zero attached hydrogens (tertiary/aromatic N) is 4. The van der Waals surface area contributed by atoms with Gasteiger partial charge in [-0.25, -0.2) is 9.97 Å². The fourth-order valence-electron chi connectivity index (χ4n) is 1.25. The fraction of sp³-hybridized carbons (Fsp3) is 0.200. The third-order valence-electron chi connectivity index (χ3n) is 1.90. The minimum Gasteiger partial charge on any atom is -0.384 e. The molecule has 2 rings (SSSR count). The molecule has 0 saturated heterocycles. The Balaban J connectivity index is 2.49. The first-order valence-electron chi connectivity index (χ1n) is 4.55. The van der Waals surface area contributed by atoms with Gasteiger partial charge >= 0.3 is 0 Å². The number of rotatable bonds is 1. The quantitative estimate of drug-likeness (QED) is 0.748. The Hall–Kier alpha value is -2.04. The number of aryl methyl sites for hydroxylation is 2. The molecule has 0 unspecified atom stereocenters. The molecule has 0 aromatic carbocycles. The summed E-state index contributed by atoms with van der Waals surface area (Å²) in [5, 5.41) is 0. The van der Waals surface area contributed by atoms with Crippen molar-refractivity contribution in [3.63, 3.8) is 0 Å². The van der Waals surface area contributed by atoms with E-state index in [4.69, 9.17) is 5.73 Å². The van der Waals surface area contributed by atoms with Gasteiger partial charge in [-0.3, -0.25) is 9.97 Å². The molecule has 0 atom stereocenters. The molecule has 2 heterocycles. The van der Waals surface area contributed by atoms with Crippen molar-refractivity contribution < 1.29 is 0 Å². The molecular weight excluding hydrogens is 190 g/mol. The number of hydrogen-bond acceptors (Lipinski definition) is 5. The molecule has 5 nitrogen and oxygen atoms in total. The van der Waals surface area contributed by atoms with E-state index in [1.165, 1.54) is 0 Å². The maximum atomic E-state index is 5.63. The van der Waals surface area contributed by atoms with Gasteiger partial charge in [0.1, 0.15) is 17.3 Å². The van der Waals surface area contributed by atoms with Crippen LogP contribution in [0.25, 0.3) is 11.4 Å². The summed E-state index contributed by atoms with van der Waals surface area (Å²) in [5.74, 6) is 1.08. The van der Waals surface area contributed by atoms with Crippen LogP contribution in [0, 0.1) is 13.8 Å². The van der Waals surface area contributed by atoms with Crippen molar-refractivity contribution in [1.29, 1.82) is 0 Å². The highest BCUT2D eigenvalue weighted by Gasteiger charge is 2.03. The van der Waals surface area contributed by atoms with E-state index < -0.39 is 0 Å². The van der Waals surface area contributed by atoms with Crippen molar-refractivity contribution in [2.45, 2.75) is 13.8 Å². The van der Waals surface area contributed by atoms with Crippen molar-refractivity contribution in [2.75, 3.05) is 5.73 Å². The van der Waals surface area contributed by atoms with E-state index in [1.807, 2.05) is 6.92 Å². The molecule has 0 spiro atoms. The fourth-order valence-corrected chi connectivity index (χ4v) is 1.25. The third-order valence-corrected chi connectivity index (χ3v) is 1.90. The average Bonchev–Trinajstić information content (AvgIpc) is 2.17. The molecule has 5 heteroatoms. The van der Waals surface area contributed by atoms with Gasteiger partial charge in [-0.2, -0.15) is 0 Å². The van der Waals surface area contributed by atoms with Gasteiger partial charge in [0, 0.05) is 12.3 Å². The molecule has 2 N–H and O–H groups in total. The molecule has 2 aromatic heterocycles. The van der Waals surface area contributed by atoms with Crippen LogP contribution in [0.4, 0.5) is 5.82 Å². The summed E-state index contributed by atoms with van der Waals surface area (Å²) in [6.45, 7) is 3.68. The smallest absolute Gasteiger partial charge is 0.128 e. The number of aromatic nitrogens is 4. The van der Waals surface area contributed by atoms with Gasteiger partial charge in [0.25, 0.3) is 0 Å². The predicted molar refractivity (Wildman–Crippen MR) is 56.9 cm³/mol. The molecule has 15 heavy (non-hydrogen) atoms. The zero-order valence-corrected chi connectivity index (χ0v) is 8.60. The standard InChI is InChI=1S/C10H11N5/c1-6-4-13-9(5-12-6)8-3-10(11)15-7(2)14-8/h3-5H,1-2H3,(H2,11,14,15). The zero-order chi connectivity index (χ0) is 10.8. The second-order valence-electron chi connectivity index (χ2n) is 3.27. The molecule has 0 saturated carbocycles. The van der Waals surface area contributed by atoms with Crippen LogP contribution in [-0.4, -0.2) is 19.9 Å². The number of anilines is 1. The first-order chi connectivity index (χ1) is 7.15. The van der Waals surface area contributed by atoms with Gasteiger partial charge in [0.05, 0.1) is 17.6 Å². The topological polar surface area (TPSA) is 77.6 Å². The Morgan fingerprint density at radius 1 is 1.00 bits per heavy atom. The van der Waals surface area contributed by atoms with Crippen LogP contribution in [0.15, 0.2) is 18.5 Å². The van der Waals surface area contributed by atoms with E-state index in [0.717, 1.165) is 5.69 Å². The number of nitrogen functional groups attached to an aromatic ring is 1. The van der Waals surface area contributed by atoms with Crippen LogP contribution < -0.4 is 5.73 Å². The molecule has 0 amide bonds. The molecule has 0 aliphatic carbocycles. The lowest BCUT2D eigenvalue weighted by Crippen LogP contribution is -1.98. The van der Waals surface area contributed by atoms with Gasteiger partial charge < -0.3 is 5.73 Å². The van der Waals surface area contributed by atoms with Gasteiger partial charge in [-0.15, -0.1) is 0 Å². The molecule has 2 aromatic rings. The summed E-state index contributed by atoms with van der Waals surface area (Å²) in [5.41, 5.74) is 7.91. The molecule has 76 valence electrons. The summed E-state index contributed by atoms with van der Waals surface area (Å²) in [4.78, 5) is 16.6. The van der Waals surface area contributed by atoms with E-state index in [-0.39, 0.29) is 0 Å². The lowest BCUT2D eigenvalue weighted by Gasteiger charge is -2.02. The van der Waals surface area contributed by atoms with Crippen molar-refractivity contribution in [3.05, 3.63) is 30.0 Å². The molecule has 0 fully saturated rings. The minimum atomic E-state index is 0.444. The normalized spacial score (nSPS) is 10.3. The van der Waals surface area contributed by atoms with E-state index in [2.05, 4.69) is 19.9 Å². The van der Waals surface area contributed by atoms with Crippen LogP contribution in [0.1, 0.15) is 11.5 Å². The highest BCUT2D eigenvalue weighted by Crippen LogP contribution is 2.14. The Morgan fingerprint density at radius 3 is 2.40 bits per heavy atom. The highest BCUT2D eigenvalue weighted by atomic mass is 15.0. The van der Waals surface area contributed by atoms with Gasteiger partial charge in [0.15, 0.2) is 0 Å². The van der Waals surface area contributed by atoms with Crippen LogP contribution in [0.2, 0.25) is 0 Å². The predicted octanol–water partition coefficient (Wildman–Crippen LogP) is 1.13. The summed E-state index contributed by atoms with van der Waals surface area (Å²) in [6, 6.07) is 1.69. The maximum absolute atomic E-state index is 5.63. The summed E-state index contributed by atoms with van der Waals surface area (Å²) >= 11 is 0. The third kappa shape index (κ3) is 2.07. The van der Waals surface area contributed by atoms with Crippen molar-refractivity contribution in [3.8, 4) is 11.4 Å². The molecule has 0 aliphatic rings. The first kappa shape index (κ1) is 9.51. The average molecular weight is 201 g/mol. The first-order valence-corrected chi connectivity index (χ1v) is 4.55. The number of hydrogen-bond donors (Lipinski definition) is 1. The zero-order valence-electron chi connectivity index (χ0n) is 8.60. The molecule has 0 aliphatic heterocycles. The lowest BCUT2D eigenvalue weighted by molar-refractivity contribution is 1.04. The van der Waals surface area contributed by atoms with Crippen LogP contribution in [0.5, 0.6) is 0 Å². The van der Waals surface area contributed by atoms with E-state index in [0.29, 0.717) is 23.0 Å². The van der Waals surface area contributed by atoms with Crippen LogP contribution in [-0.2, 0) is 0 Å². The molecule has 0 radical (unpaired) electrons. The van der Waals surface area contributed by atoms with E-state index in [9.17, 15) is 0 Å². The van der Waals surface area contributed by atoms with E-state index >= 15 is 0 Å². The SMILES string of the molecule is Cc1cnc(-c2cc(N)nc(C)n2)cn1. The number of nitrogens with two attached hydrogens (primary N) is 1. The Morgan fingerprint density at radius 2 is 1.80 bits per heavy atom. The van der Waals surface area contributed by atoms with E-state index in [1.54, 1.807) is 25.4 Å². The lowest BCUT2D eigenvalue weighted by atomic mass is 10.3. The highest BCUT2D eigenvalue weighted by molar-refractivity contribution is 5.56. The summed E-state index contributed by atoms with van der Waals surface area (Å²) in [7, 11) is 0. The van der Waals surface area contributed by atoms with Crippen molar-refractivity contribution in [1.82, 2.24) is 19.9 Å². The molecular formula is C10H11N5. The minimum absolute atomic E-state index is 0.444. The van der Waals surface area contributed by atoms with Crippen molar-refractivity contribution in [2.24, 2.45) is 0 Å². The Kier molecular flexibility index (Phi) is 2.29. The monoisotopic (exact) mass is 201 g/mol. The summed E-state index contributed by atoms with van der Waals surface area (Å²) in [6.07, 6.45) is 3.37. The second-order valence-corrected chi connectivity index (χ2v) is 3.27. The van der Waals surface area contributed by atoms with Gasteiger partial charge in [-0.05, 0) is 13.8 Å². The van der Waals surface area contributed by atoms with Crippen LogP contribution >= 0.6 is 0 Å². The molecule has 0 bridgehead atoms. The Labute approximate surface area is 87.4 Å². The largest absolute Gasteiger partial charge is 0.384 e. The second kappa shape index (κ2) is 3.61. The van der Waals surface area contributed by atoms with Gasteiger partial charge in [-0.1, -0.05) is 0 Å². The van der Waals surface area contributed by atoms with Gasteiger partial charge in [0.2, 0.25) is 0 Å². The van der Waals surface area contributed by atoms with Crippen LogP contribution in [0.3, 0.4) is 0 Å². The summed E-state index contributed by atoms with van der Waals surface area (Å²) < 4.78 is 0.